The summed E-state index contributed by atoms with van der Waals surface area (Å²) in [7, 11) is 0. The van der Waals surface area contributed by atoms with E-state index in [1.54, 1.807) is 10.7 Å². The number of carbonyl (C=O) groups is 1. The van der Waals surface area contributed by atoms with Gasteiger partial charge in [0.25, 0.3) is 0 Å². The van der Waals surface area contributed by atoms with Crippen molar-refractivity contribution in [3.8, 4) is 0 Å². The van der Waals surface area contributed by atoms with E-state index in [0.29, 0.717) is 11.5 Å². The first kappa shape index (κ1) is 14.2. The summed E-state index contributed by atoms with van der Waals surface area (Å²) in [6.07, 6.45) is 2.03. The van der Waals surface area contributed by atoms with Crippen molar-refractivity contribution in [3.63, 3.8) is 0 Å². The molecule has 0 bridgehead atoms. The Balaban J connectivity index is 1.66. The average Bonchev–Trinajstić information content (AvgIpc) is 3.16. The molecule has 0 aliphatic carbocycles. The summed E-state index contributed by atoms with van der Waals surface area (Å²) in [5, 5.41) is 12.4. The van der Waals surface area contributed by atoms with Crippen LogP contribution in [0, 0.1) is 0 Å². The number of unbranched alkanes of at least 4 members (excludes halogenated alkanes) is 1. The zero-order chi connectivity index (χ0) is 15.4. The Morgan fingerprint density at radius 3 is 3.05 bits per heavy atom. The molecule has 0 aliphatic heterocycles. The lowest BCUT2D eigenvalue weighted by atomic mass is 10.2. The fourth-order valence-corrected chi connectivity index (χ4v) is 2.20. The van der Waals surface area contributed by atoms with Gasteiger partial charge in [0.2, 0.25) is 0 Å². The molecule has 0 fully saturated rings. The SMILES string of the molecule is CCCCn1nnnc1COC(=O)c1cc2ccccc2[nH]1. The third-order valence-corrected chi connectivity index (χ3v) is 3.41. The summed E-state index contributed by atoms with van der Waals surface area (Å²) in [5.41, 5.74) is 1.33. The number of hydrogen-bond acceptors (Lipinski definition) is 5. The normalized spacial score (nSPS) is 11.0. The van der Waals surface area contributed by atoms with E-state index < -0.39 is 5.97 Å². The number of rotatable bonds is 6. The average molecular weight is 299 g/mol. The summed E-state index contributed by atoms with van der Waals surface area (Å²) in [4.78, 5) is 15.1. The van der Waals surface area contributed by atoms with E-state index in [0.717, 1.165) is 30.3 Å². The van der Waals surface area contributed by atoms with Gasteiger partial charge in [-0.1, -0.05) is 31.5 Å². The molecule has 3 aromatic rings. The van der Waals surface area contributed by atoms with Gasteiger partial charge in [0.15, 0.2) is 12.4 Å². The standard InChI is InChI=1S/C15H17N5O2/c1-2-3-8-20-14(17-18-19-20)10-22-15(21)13-9-11-6-4-5-7-12(11)16-13/h4-7,9,16H,2-3,8,10H2,1H3. The molecule has 0 saturated carbocycles. The molecule has 0 amide bonds. The van der Waals surface area contributed by atoms with Crippen LogP contribution in [0.25, 0.3) is 10.9 Å². The first-order valence-electron chi connectivity index (χ1n) is 7.28. The Bertz CT molecular complexity index is 744. The van der Waals surface area contributed by atoms with Crippen LogP contribution < -0.4 is 0 Å². The fourth-order valence-electron chi connectivity index (χ4n) is 2.20. The largest absolute Gasteiger partial charge is 0.453 e. The van der Waals surface area contributed by atoms with Gasteiger partial charge >= 0.3 is 5.97 Å². The maximum atomic E-state index is 12.1. The molecule has 3 rings (SSSR count). The first-order chi connectivity index (χ1) is 10.8. The maximum absolute atomic E-state index is 12.1. The van der Waals surface area contributed by atoms with E-state index in [2.05, 4.69) is 27.4 Å². The molecule has 0 aliphatic rings. The van der Waals surface area contributed by atoms with Crippen molar-refractivity contribution in [2.45, 2.75) is 32.9 Å². The van der Waals surface area contributed by atoms with Gasteiger partial charge in [0, 0.05) is 17.4 Å². The second kappa shape index (κ2) is 6.38. The van der Waals surface area contributed by atoms with Gasteiger partial charge in [-0.2, -0.15) is 0 Å². The lowest BCUT2D eigenvalue weighted by molar-refractivity contribution is 0.0450. The van der Waals surface area contributed by atoms with Crippen molar-refractivity contribution in [2.24, 2.45) is 0 Å². The molecule has 0 unspecified atom stereocenters. The Morgan fingerprint density at radius 1 is 1.36 bits per heavy atom. The fraction of sp³-hybridized carbons (Fsp3) is 0.333. The summed E-state index contributed by atoms with van der Waals surface area (Å²) < 4.78 is 6.96. The Morgan fingerprint density at radius 2 is 2.23 bits per heavy atom. The molecule has 1 N–H and O–H groups in total. The number of H-pyrrole nitrogens is 1. The van der Waals surface area contributed by atoms with Crippen LogP contribution in [0.15, 0.2) is 30.3 Å². The van der Waals surface area contributed by atoms with E-state index >= 15 is 0 Å². The number of nitrogens with one attached hydrogen (secondary N) is 1. The highest BCUT2D eigenvalue weighted by Gasteiger charge is 2.13. The first-order valence-corrected chi connectivity index (χ1v) is 7.28. The maximum Gasteiger partial charge on any atom is 0.355 e. The van der Waals surface area contributed by atoms with Gasteiger partial charge in [-0.15, -0.1) is 5.10 Å². The van der Waals surface area contributed by atoms with E-state index in [-0.39, 0.29) is 6.61 Å². The van der Waals surface area contributed by atoms with Crippen LogP contribution in [0.3, 0.4) is 0 Å². The summed E-state index contributed by atoms with van der Waals surface area (Å²) >= 11 is 0. The van der Waals surface area contributed by atoms with E-state index in [4.69, 9.17) is 4.74 Å². The number of aryl methyl sites for hydroxylation is 1. The Kier molecular flexibility index (Phi) is 4.13. The number of benzene rings is 1. The number of carbonyl (C=O) groups excluding carboxylic acids is 1. The highest BCUT2D eigenvalue weighted by molar-refractivity contribution is 5.94. The lowest BCUT2D eigenvalue weighted by Gasteiger charge is -2.04. The Hall–Kier alpha value is -2.70. The van der Waals surface area contributed by atoms with Crippen molar-refractivity contribution in [3.05, 3.63) is 41.9 Å². The predicted octanol–water partition coefficient (Wildman–Crippen LogP) is 2.31. The smallest absolute Gasteiger partial charge is 0.355 e. The number of para-hydroxylation sites is 1. The number of hydrogen-bond donors (Lipinski definition) is 1. The highest BCUT2D eigenvalue weighted by atomic mass is 16.5. The number of fused-ring (bicyclic) bond motifs is 1. The molecular weight excluding hydrogens is 282 g/mol. The van der Waals surface area contributed by atoms with Crippen LogP contribution in [0.5, 0.6) is 0 Å². The monoisotopic (exact) mass is 299 g/mol. The molecule has 0 radical (unpaired) electrons. The minimum absolute atomic E-state index is 0.0604. The number of aromatic amines is 1. The zero-order valence-corrected chi connectivity index (χ0v) is 12.3. The molecule has 1 aromatic carbocycles. The molecule has 0 saturated heterocycles. The number of tetrazole rings is 1. The number of aromatic nitrogens is 5. The van der Waals surface area contributed by atoms with Crippen molar-refractivity contribution >= 4 is 16.9 Å². The van der Waals surface area contributed by atoms with Crippen LogP contribution in [0.1, 0.15) is 36.1 Å². The summed E-state index contributed by atoms with van der Waals surface area (Å²) in [5.74, 6) is 0.138. The molecule has 7 heteroatoms. The third kappa shape index (κ3) is 2.98. The van der Waals surface area contributed by atoms with Gasteiger partial charge in [0.1, 0.15) is 5.69 Å². The van der Waals surface area contributed by atoms with Crippen molar-refractivity contribution in [1.29, 1.82) is 0 Å². The molecule has 7 nitrogen and oxygen atoms in total. The third-order valence-electron chi connectivity index (χ3n) is 3.41. The van der Waals surface area contributed by atoms with Gasteiger partial charge < -0.3 is 9.72 Å². The van der Waals surface area contributed by atoms with Gasteiger partial charge in [0.05, 0.1) is 0 Å². The van der Waals surface area contributed by atoms with E-state index in [9.17, 15) is 4.79 Å². The van der Waals surface area contributed by atoms with Crippen LogP contribution in [-0.2, 0) is 17.9 Å². The van der Waals surface area contributed by atoms with Crippen LogP contribution >= 0.6 is 0 Å². The Labute approximate surface area is 127 Å². The number of nitrogens with zero attached hydrogens (tertiary/aromatic N) is 4. The van der Waals surface area contributed by atoms with Crippen LogP contribution in [-0.4, -0.2) is 31.2 Å². The molecule has 2 heterocycles. The van der Waals surface area contributed by atoms with E-state index in [1.807, 2.05) is 24.3 Å². The molecule has 2 aromatic heterocycles. The van der Waals surface area contributed by atoms with Crippen molar-refractivity contribution in [1.82, 2.24) is 25.2 Å². The van der Waals surface area contributed by atoms with Crippen LogP contribution in [0.2, 0.25) is 0 Å². The quantitative estimate of drug-likeness (QED) is 0.706. The predicted molar refractivity (Wildman–Crippen MR) is 80.1 cm³/mol. The van der Waals surface area contributed by atoms with Gasteiger partial charge in [-0.05, 0) is 29.0 Å². The van der Waals surface area contributed by atoms with Crippen LogP contribution in [0.4, 0.5) is 0 Å². The second-order valence-corrected chi connectivity index (χ2v) is 5.02. The number of ether oxygens (including phenoxy) is 1. The second-order valence-electron chi connectivity index (χ2n) is 5.02. The topological polar surface area (TPSA) is 85.7 Å². The minimum atomic E-state index is -0.416. The number of esters is 1. The summed E-state index contributed by atoms with van der Waals surface area (Å²) in [6.45, 7) is 2.88. The summed E-state index contributed by atoms with van der Waals surface area (Å²) in [6, 6.07) is 9.46. The lowest BCUT2D eigenvalue weighted by Crippen LogP contribution is -2.11. The molecule has 0 spiro atoms. The van der Waals surface area contributed by atoms with Gasteiger partial charge in [-0.3, -0.25) is 0 Å². The van der Waals surface area contributed by atoms with E-state index in [1.165, 1.54) is 0 Å². The van der Waals surface area contributed by atoms with Crippen molar-refractivity contribution < 1.29 is 9.53 Å². The molecule has 0 atom stereocenters. The minimum Gasteiger partial charge on any atom is -0.453 e. The molecular formula is C15H17N5O2. The van der Waals surface area contributed by atoms with Gasteiger partial charge in [-0.25, -0.2) is 9.48 Å². The highest BCUT2D eigenvalue weighted by Crippen LogP contribution is 2.15. The molecule has 22 heavy (non-hydrogen) atoms. The zero-order valence-electron chi connectivity index (χ0n) is 12.3. The molecule has 114 valence electrons. The van der Waals surface area contributed by atoms with Crippen molar-refractivity contribution in [2.75, 3.05) is 0 Å².